The molecule has 0 radical (unpaired) electrons. The Morgan fingerprint density at radius 2 is 2.00 bits per heavy atom. The Morgan fingerprint density at radius 1 is 1.33 bits per heavy atom. The summed E-state index contributed by atoms with van der Waals surface area (Å²) in [5, 5.41) is 8.70. The Kier molecular flexibility index (Phi) is 4.03. The van der Waals surface area contributed by atoms with E-state index in [9.17, 15) is 4.79 Å². The lowest BCUT2D eigenvalue weighted by Gasteiger charge is -2.25. The van der Waals surface area contributed by atoms with Crippen molar-refractivity contribution < 1.29 is 14.6 Å². The van der Waals surface area contributed by atoms with Crippen LogP contribution in [0.3, 0.4) is 0 Å². The molecule has 2 rings (SSSR count). The van der Waals surface area contributed by atoms with Gasteiger partial charge in [-0.2, -0.15) is 0 Å². The second kappa shape index (κ2) is 5.71. The maximum atomic E-state index is 10.6. The van der Waals surface area contributed by atoms with Gasteiger partial charge >= 0.3 is 5.97 Å². The number of carboxylic acids is 1. The first-order valence-corrected chi connectivity index (χ1v) is 6.30. The third-order valence-electron chi connectivity index (χ3n) is 3.29. The van der Waals surface area contributed by atoms with Gasteiger partial charge in [-0.1, -0.05) is 23.8 Å². The maximum absolute atomic E-state index is 10.6. The van der Waals surface area contributed by atoms with Gasteiger partial charge < -0.3 is 9.84 Å². The van der Waals surface area contributed by atoms with Crippen LogP contribution in [0.2, 0.25) is 0 Å². The van der Waals surface area contributed by atoms with Crippen molar-refractivity contribution in [1.29, 1.82) is 0 Å². The van der Waals surface area contributed by atoms with Crippen LogP contribution in [0, 0.1) is 6.92 Å². The number of rotatable bonds is 3. The largest absolute Gasteiger partial charge is 0.490 e. The fourth-order valence-corrected chi connectivity index (χ4v) is 2.27. The van der Waals surface area contributed by atoms with E-state index in [1.807, 2.05) is 31.2 Å². The van der Waals surface area contributed by atoms with Crippen molar-refractivity contribution in [3.8, 4) is 5.75 Å². The zero-order valence-electron chi connectivity index (χ0n) is 10.6. The van der Waals surface area contributed by atoms with Crippen LogP contribution >= 0.6 is 0 Å². The third kappa shape index (κ3) is 3.36. The number of hydrogen-bond acceptors (Lipinski definition) is 2. The summed E-state index contributed by atoms with van der Waals surface area (Å²) in [5.74, 6) is 0.0939. The van der Waals surface area contributed by atoms with Crippen molar-refractivity contribution in [3.63, 3.8) is 0 Å². The fourth-order valence-electron chi connectivity index (χ4n) is 2.27. The SMILES string of the molecule is Cc1ccccc1OC1CCC(=CC(=O)O)CC1. The Hall–Kier alpha value is -1.77. The predicted octanol–water partition coefficient (Wildman–Crippen LogP) is 3.33. The van der Waals surface area contributed by atoms with Crippen LogP contribution in [-0.2, 0) is 4.79 Å². The van der Waals surface area contributed by atoms with E-state index in [-0.39, 0.29) is 6.10 Å². The molecule has 96 valence electrons. The van der Waals surface area contributed by atoms with Crippen molar-refractivity contribution in [3.05, 3.63) is 41.5 Å². The molecular weight excluding hydrogens is 228 g/mol. The van der Waals surface area contributed by atoms with Gasteiger partial charge in [0.15, 0.2) is 0 Å². The minimum atomic E-state index is -0.844. The average molecular weight is 246 g/mol. The van der Waals surface area contributed by atoms with E-state index in [0.717, 1.165) is 42.6 Å². The van der Waals surface area contributed by atoms with Gasteiger partial charge in [0.25, 0.3) is 0 Å². The van der Waals surface area contributed by atoms with Crippen molar-refractivity contribution >= 4 is 5.97 Å². The van der Waals surface area contributed by atoms with Crippen molar-refractivity contribution in [2.75, 3.05) is 0 Å². The molecule has 1 aliphatic rings. The van der Waals surface area contributed by atoms with Crippen LogP contribution in [0.5, 0.6) is 5.75 Å². The van der Waals surface area contributed by atoms with E-state index in [2.05, 4.69) is 0 Å². The van der Waals surface area contributed by atoms with E-state index >= 15 is 0 Å². The molecule has 0 unspecified atom stereocenters. The number of aryl methyl sites for hydroxylation is 1. The van der Waals surface area contributed by atoms with Crippen molar-refractivity contribution in [2.45, 2.75) is 38.7 Å². The minimum absolute atomic E-state index is 0.206. The first kappa shape index (κ1) is 12.7. The molecule has 3 heteroatoms. The first-order chi connectivity index (χ1) is 8.65. The van der Waals surface area contributed by atoms with Crippen LogP contribution in [-0.4, -0.2) is 17.2 Å². The van der Waals surface area contributed by atoms with Gasteiger partial charge in [-0.3, -0.25) is 0 Å². The van der Waals surface area contributed by atoms with Gasteiger partial charge in [0, 0.05) is 6.08 Å². The lowest BCUT2D eigenvalue weighted by Crippen LogP contribution is -2.21. The Balaban J connectivity index is 1.91. The highest BCUT2D eigenvalue weighted by molar-refractivity contribution is 5.80. The molecule has 1 saturated carbocycles. The van der Waals surface area contributed by atoms with Gasteiger partial charge in [0.1, 0.15) is 5.75 Å². The number of hydrogen-bond donors (Lipinski definition) is 1. The summed E-state index contributed by atoms with van der Waals surface area (Å²) in [6, 6.07) is 7.99. The second-order valence-corrected chi connectivity index (χ2v) is 4.72. The van der Waals surface area contributed by atoms with Gasteiger partial charge in [0.2, 0.25) is 0 Å². The van der Waals surface area contributed by atoms with E-state index in [1.165, 1.54) is 6.08 Å². The molecule has 18 heavy (non-hydrogen) atoms. The summed E-state index contributed by atoms with van der Waals surface area (Å²) < 4.78 is 5.96. The smallest absolute Gasteiger partial charge is 0.328 e. The van der Waals surface area contributed by atoms with E-state index < -0.39 is 5.97 Å². The highest BCUT2D eigenvalue weighted by atomic mass is 16.5. The highest BCUT2D eigenvalue weighted by Crippen LogP contribution is 2.28. The molecule has 1 aromatic rings. The Bertz CT molecular complexity index is 453. The maximum Gasteiger partial charge on any atom is 0.328 e. The number of para-hydroxylation sites is 1. The summed E-state index contributed by atoms with van der Waals surface area (Å²) in [5.41, 5.74) is 2.16. The normalized spacial score (nSPS) is 19.4. The van der Waals surface area contributed by atoms with Crippen LogP contribution in [0.1, 0.15) is 31.2 Å². The molecule has 0 amide bonds. The van der Waals surface area contributed by atoms with Crippen LogP contribution in [0.25, 0.3) is 0 Å². The zero-order valence-corrected chi connectivity index (χ0v) is 10.6. The van der Waals surface area contributed by atoms with Gasteiger partial charge in [-0.05, 0) is 44.2 Å². The summed E-state index contributed by atoms with van der Waals surface area (Å²) in [6.07, 6.45) is 4.98. The predicted molar refractivity (Wildman–Crippen MR) is 69.8 cm³/mol. The molecule has 3 nitrogen and oxygen atoms in total. The number of carbonyl (C=O) groups is 1. The molecule has 0 spiro atoms. The number of aliphatic carboxylic acids is 1. The number of ether oxygens (including phenoxy) is 1. The van der Waals surface area contributed by atoms with E-state index in [1.54, 1.807) is 0 Å². The summed E-state index contributed by atoms with van der Waals surface area (Å²) in [6.45, 7) is 2.04. The molecule has 0 aliphatic heterocycles. The molecule has 0 atom stereocenters. The number of benzene rings is 1. The average Bonchev–Trinajstić information content (AvgIpc) is 2.34. The van der Waals surface area contributed by atoms with E-state index in [0.29, 0.717) is 0 Å². The van der Waals surface area contributed by atoms with Gasteiger partial charge in [-0.25, -0.2) is 4.79 Å². The van der Waals surface area contributed by atoms with E-state index in [4.69, 9.17) is 9.84 Å². The zero-order chi connectivity index (χ0) is 13.0. The molecule has 0 heterocycles. The van der Waals surface area contributed by atoms with Crippen molar-refractivity contribution in [1.82, 2.24) is 0 Å². The third-order valence-corrected chi connectivity index (χ3v) is 3.29. The molecular formula is C15H18O3. The lowest BCUT2D eigenvalue weighted by atomic mass is 9.92. The molecule has 0 saturated heterocycles. The Labute approximate surface area is 107 Å². The van der Waals surface area contributed by atoms with Crippen LogP contribution in [0.4, 0.5) is 0 Å². The highest BCUT2D eigenvalue weighted by Gasteiger charge is 2.19. The summed E-state index contributed by atoms with van der Waals surface area (Å²) in [7, 11) is 0. The molecule has 0 bridgehead atoms. The summed E-state index contributed by atoms with van der Waals surface area (Å²) >= 11 is 0. The quantitative estimate of drug-likeness (QED) is 0.832. The molecule has 0 aromatic heterocycles. The fraction of sp³-hybridized carbons (Fsp3) is 0.400. The van der Waals surface area contributed by atoms with Crippen LogP contribution < -0.4 is 4.74 Å². The number of carboxylic acid groups (broad SMARTS) is 1. The second-order valence-electron chi connectivity index (χ2n) is 4.72. The number of allylic oxidation sites excluding steroid dienone is 1. The lowest BCUT2D eigenvalue weighted by molar-refractivity contribution is -0.131. The first-order valence-electron chi connectivity index (χ1n) is 6.30. The van der Waals surface area contributed by atoms with Crippen molar-refractivity contribution in [2.24, 2.45) is 0 Å². The molecule has 1 N–H and O–H groups in total. The molecule has 1 aromatic carbocycles. The topological polar surface area (TPSA) is 46.5 Å². The molecule has 1 fully saturated rings. The van der Waals surface area contributed by atoms with Gasteiger partial charge in [0.05, 0.1) is 6.10 Å². The van der Waals surface area contributed by atoms with Crippen LogP contribution in [0.15, 0.2) is 35.9 Å². The summed E-state index contributed by atoms with van der Waals surface area (Å²) in [4.78, 5) is 10.6. The Morgan fingerprint density at radius 3 is 2.61 bits per heavy atom. The monoisotopic (exact) mass is 246 g/mol. The minimum Gasteiger partial charge on any atom is -0.490 e. The molecule has 1 aliphatic carbocycles. The standard InChI is InChI=1S/C15H18O3/c1-11-4-2-3-5-14(11)18-13-8-6-12(7-9-13)10-15(16)17/h2-5,10,13H,6-9H2,1H3,(H,16,17). The van der Waals surface area contributed by atoms with Gasteiger partial charge in [-0.15, -0.1) is 0 Å².